The molecule has 0 bridgehead atoms. The lowest BCUT2D eigenvalue weighted by Crippen LogP contribution is -2.36. The van der Waals surface area contributed by atoms with Crippen molar-refractivity contribution in [3.63, 3.8) is 0 Å². The third kappa shape index (κ3) is 4.71. The van der Waals surface area contributed by atoms with Gasteiger partial charge in [-0.1, -0.05) is 36.3 Å². The zero-order valence-electron chi connectivity index (χ0n) is 10.2. The van der Waals surface area contributed by atoms with Gasteiger partial charge in [0.25, 0.3) is 5.91 Å². The van der Waals surface area contributed by atoms with Crippen molar-refractivity contribution in [2.24, 2.45) is 0 Å². The standard InChI is InChI=1S/C14H15NO3/c1-3-9-15-14(17)11(2)18-13(16)10-12-7-5-4-6-8-12/h1,4-8,11H,9-10H2,2H3,(H,15,17)/t11-/m0/s1. The molecule has 18 heavy (non-hydrogen) atoms. The molecule has 0 saturated carbocycles. The number of hydrogen-bond acceptors (Lipinski definition) is 3. The Hall–Kier alpha value is -2.28. The molecule has 0 aliphatic rings. The van der Waals surface area contributed by atoms with Crippen LogP contribution in [-0.2, 0) is 20.7 Å². The number of hydrogen-bond donors (Lipinski definition) is 1. The highest BCUT2D eigenvalue weighted by Crippen LogP contribution is 2.02. The van der Waals surface area contributed by atoms with Gasteiger partial charge in [-0.2, -0.15) is 0 Å². The minimum absolute atomic E-state index is 0.124. The van der Waals surface area contributed by atoms with Gasteiger partial charge in [0.1, 0.15) is 0 Å². The van der Waals surface area contributed by atoms with Gasteiger partial charge in [0, 0.05) is 0 Å². The van der Waals surface area contributed by atoms with E-state index in [-0.39, 0.29) is 13.0 Å². The average Bonchev–Trinajstić information content (AvgIpc) is 2.36. The molecule has 4 heteroatoms. The molecule has 0 heterocycles. The fourth-order valence-electron chi connectivity index (χ4n) is 1.34. The number of esters is 1. The summed E-state index contributed by atoms with van der Waals surface area (Å²) < 4.78 is 4.99. The molecule has 0 aromatic heterocycles. The third-order valence-electron chi connectivity index (χ3n) is 2.23. The van der Waals surface area contributed by atoms with E-state index in [2.05, 4.69) is 11.2 Å². The lowest BCUT2D eigenvalue weighted by molar-refractivity contribution is -0.154. The SMILES string of the molecule is C#CCNC(=O)[C@H](C)OC(=O)Cc1ccccc1. The maximum Gasteiger partial charge on any atom is 0.311 e. The van der Waals surface area contributed by atoms with Gasteiger partial charge in [-0.15, -0.1) is 6.42 Å². The third-order valence-corrected chi connectivity index (χ3v) is 2.23. The highest BCUT2D eigenvalue weighted by Gasteiger charge is 2.16. The fourth-order valence-corrected chi connectivity index (χ4v) is 1.34. The fraction of sp³-hybridized carbons (Fsp3) is 0.286. The first kappa shape index (κ1) is 13.8. The van der Waals surface area contributed by atoms with E-state index >= 15 is 0 Å². The summed E-state index contributed by atoms with van der Waals surface area (Å²) in [5.74, 6) is 1.44. The molecule has 0 spiro atoms. The molecule has 0 saturated heterocycles. The van der Waals surface area contributed by atoms with Crippen LogP contribution in [0.2, 0.25) is 0 Å². The molecule has 1 aromatic carbocycles. The van der Waals surface area contributed by atoms with E-state index in [1.54, 1.807) is 0 Å². The van der Waals surface area contributed by atoms with E-state index in [0.717, 1.165) is 5.56 Å². The van der Waals surface area contributed by atoms with Crippen molar-refractivity contribution < 1.29 is 14.3 Å². The Morgan fingerprint density at radius 3 is 2.67 bits per heavy atom. The Morgan fingerprint density at radius 1 is 1.39 bits per heavy atom. The Morgan fingerprint density at radius 2 is 2.06 bits per heavy atom. The van der Waals surface area contributed by atoms with Crippen molar-refractivity contribution in [1.29, 1.82) is 0 Å². The van der Waals surface area contributed by atoms with Crippen molar-refractivity contribution in [1.82, 2.24) is 5.32 Å². The average molecular weight is 245 g/mol. The number of carbonyl (C=O) groups is 2. The number of rotatable bonds is 5. The van der Waals surface area contributed by atoms with Crippen LogP contribution in [0.3, 0.4) is 0 Å². The number of ether oxygens (including phenoxy) is 1. The van der Waals surface area contributed by atoms with Crippen LogP contribution in [0.1, 0.15) is 12.5 Å². The number of benzene rings is 1. The van der Waals surface area contributed by atoms with Crippen molar-refractivity contribution >= 4 is 11.9 Å². The van der Waals surface area contributed by atoms with E-state index in [9.17, 15) is 9.59 Å². The van der Waals surface area contributed by atoms with E-state index in [1.807, 2.05) is 30.3 Å². The van der Waals surface area contributed by atoms with Crippen molar-refractivity contribution in [2.75, 3.05) is 6.54 Å². The summed E-state index contributed by atoms with van der Waals surface area (Å²) in [5.41, 5.74) is 0.846. The predicted octanol–water partition coefficient (Wildman–Crippen LogP) is 0.910. The Balaban J connectivity index is 2.41. The van der Waals surface area contributed by atoms with Crippen LogP contribution in [0.5, 0.6) is 0 Å². The van der Waals surface area contributed by atoms with Gasteiger partial charge in [0.05, 0.1) is 13.0 Å². The molecule has 1 N–H and O–H groups in total. The molecule has 0 aliphatic heterocycles. The van der Waals surface area contributed by atoms with Crippen molar-refractivity contribution in [3.8, 4) is 12.3 Å². The quantitative estimate of drug-likeness (QED) is 0.619. The van der Waals surface area contributed by atoms with Crippen LogP contribution in [0, 0.1) is 12.3 Å². The zero-order valence-corrected chi connectivity index (χ0v) is 10.2. The summed E-state index contributed by atoms with van der Waals surface area (Å²) in [7, 11) is 0. The lowest BCUT2D eigenvalue weighted by atomic mass is 10.1. The predicted molar refractivity (Wildman–Crippen MR) is 67.5 cm³/mol. The molecule has 1 aromatic rings. The monoisotopic (exact) mass is 245 g/mol. The molecule has 1 atom stereocenters. The van der Waals surface area contributed by atoms with Crippen LogP contribution in [-0.4, -0.2) is 24.5 Å². The molecular weight excluding hydrogens is 230 g/mol. The van der Waals surface area contributed by atoms with Gasteiger partial charge in [0.2, 0.25) is 0 Å². The van der Waals surface area contributed by atoms with E-state index in [4.69, 9.17) is 11.2 Å². The lowest BCUT2D eigenvalue weighted by Gasteiger charge is -2.12. The summed E-state index contributed by atoms with van der Waals surface area (Å²) in [4.78, 5) is 23.0. The summed E-state index contributed by atoms with van der Waals surface area (Å²) >= 11 is 0. The molecule has 0 unspecified atom stereocenters. The Bertz CT molecular complexity index is 448. The first-order valence-electron chi connectivity index (χ1n) is 5.58. The van der Waals surface area contributed by atoms with E-state index in [0.29, 0.717) is 0 Å². The molecule has 0 fully saturated rings. The van der Waals surface area contributed by atoms with Gasteiger partial charge in [0.15, 0.2) is 6.10 Å². The molecule has 4 nitrogen and oxygen atoms in total. The summed E-state index contributed by atoms with van der Waals surface area (Å²) in [6.07, 6.45) is 4.32. The molecule has 0 radical (unpaired) electrons. The Kier molecular flexibility index (Phi) is 5.46. The topological polar surface area (TPSA) is 55.4 Å². The second kappa shape index (κ2) is 7.13. The number of nitrogens with one attached hydrogen (secondary N) is 1. The molecule has 1 amide bonds. The number of carbonyl (C=O) groups excluding carboxylic acids is 2. The van der Waals surface area contributed by atoms with Gasteiger partial charge in [-0.05, 0) is 12.5 Å². The van der Waals surface area contributed by atoms with Crippen LogP contribution in [0.15, 0.2) is 30.3 Å². The number of amides is 1. The van der Waals surface area contributed by atoms with Gasteiger partial charge in [-0.25, -0.2) is 0 Å². The largest absolute Gasteiger partial charge is 0.452 e. The zero-order chi connectivity index (χ0) is 13.4. The number of terminal acetylenes is 1. The molecule has 1 rings (SSSR count). The van der Waals surface area contributed by atoms with Crippen LogP contribution in [0.4, 0.5) is 0 Å². The highest BCUT2D eigenvalue weighted by molar-refractivity contribution is 5.84. The van der Waals surface area contributed by atoms with Crippen LogP contribution in [0.25, 0.3) is 0 Å². The second-order valence-corrected chi connectivity index (χ2v) is 3.72. The highest BCUT2D eigenvalue weighted by atomic mass is 16.5. The Labute approximate surface area is 106 Å². The summed E-state index contributed by atoms with van der Waals surface area (Å²) in [6, 6.07) is 9.19. The molecule has 0 aliphatic carbocycles. The maximum atomic E-state index is 11.6. The van der Waals surface area contributed by atoms with E-state index in [1.165, 1.54) is 6.92 Å². The minimum atomic E-state index is -0.838. The van der Waals surface area contributed by atoms with Gasteiger partial charge in [-0.3, -0.25) is 9.59 Å². The van der Waals surface area contributed by atoms with Crippen molar-refractivity contribution in [3.05, 3.63) is 35.9 Å². The van der Waals surface area contributed by atoms with Crippen LogP contribution < -0.4 is 5.32 Å². The summed E-state index contributed by atoms with van der Waals surface area (Å²) in [5, 5.41) is 2.45. The normalized spacial score (nSPS) is 11.1. The minimum Gasteiger partial charge on any atom is -0.452 e. The first-order chi connectivity index (χ1) is 8.63. The first-order valence-corrected chi connectivity index (χ1v) is 5.58. The van der Waals surface area contributed by atoms with Crippen molar-refractivity contribution in [2.45, 2.75) is 19.4 Å². The summed E-state index contributed by atoms with van der Waals surface area (Å²) in [6.45, 7) is 1.63. The van der Waals surface area contributed by atoms with Gasteiger partial charge >= 0.3 is 5.97 Å². The van der Waals surface area contributed by atoms with Crippen LogP contribution >= 0.6 is 0 Å². The molecule has 94 valence electrons. The van der Waals surface area contributed by atoms with Gasteiger partial charge < -0.3 is 10.1 Å². The second-order valence-electron chi connectivity index (χ2n) is 3.72. The smallest absolute Gasteiger partial charge is 0.311 e. The maximum absolute atomic E-state index is 11.6. The molecular formula is C14H15NO3. The van der Waals surface area contributed by atoms with E-state index < -0.39 is 18.0 Å².